The smallest absolute Gasteiger partial charge is 0.304 e. The van der Waals surface area contributed by atoms with Crippen LogP contribution >= 0.6 is 11.6 Å². The molecule has 2 rings (SSSR count). The number of halogens is 4. The summed E-state index contributed by atoms with van der Waals surface area (Å²) in [6, 6.07) is 0.887. The number of pyridine rings is 1. The molecular formula is C8H4ClF3N2. The van der Waals surface area contributed by atoms with Crippen LogP contribution in [0.2, 0.25) is 5.02 Å². The summed E-state index contributed by atoms with van der Waals surface area (Å²) in [6.07, 6.45) is -0.755. The van der Waals surface area contributed by atoms with Gasteiger partial charge in [0.1, 0.15) is 0 Å². The molecule has 0 saturated heterocycles. The van der Waals surface area contributed by atoms with E-state index in [0.29, 0.717) is 5.52 Å². The number of rotatable bonds is 0. The summed E-state index contributed by atoms with van der Waals surface area (Å²) in [5.41, 5.74) is -0.326. The fourth-order valence-electron chi connectivity index (χ4n) is 1.15. The van der Waals surface area contributed by atoms with Crippen molar-refractivity contribution in [3.63, 3.8) is 0 Å². The maximum atomic E-state index is 12.3. The second-order valence-electron chi connectivity index (χ2n) is 2.76. The first-order chi connectivity index (χ1) is 6.48. The van der Waals surface area contributed by atoms with E-state index >= 15 is 0 Å². The number of imidazole rings is 1. The standard InChI is InChI=1S/C8H4ClF3N2/c9-6-1-5(8(10,11)12)3-14-4-13-2-7(6)14/h1-4H. The third kappa shape index (κ3) is 1.43. The SMILES string of the molecule is FC(F)(F)c1cc(Cl)c2cncn2c1. The number of hydrogen-bond acceptors (Lipinski definition) is 1. The molecule has 0 bridgehead atoms. The second-order valence-corrected chi connectivity index (χ2v) is 3.17. The molecule has 0 amide bonds. The van der Waals surface area contributed by atoms with E-state index in [1.54, 1.807) is 0 Å². The quantitative estimate of drug-likeness (QED) is 0.667. The maximum Gasteiger partial charge on any atom is 0.417 e. The van der Waals surface area contributed by atoms with Crippen LogP contribution in [0.5, 0.6) is 0 Å². The lowest BCUT2D eigenvalue weighted by Gasteiger charge is -2.07. The van der Waals surface area contributed by atoms with Crippen molar-refractivity contribution < 1.29 is 13.2 Å². The summed E-state index contributed by atoms with van der Waals surface area (Å²) >= 11 is 5.65. The van der Waals surface area contributed by atoms with E-state index in [2.05, 4.69) is 4.98 Å². The average molecular weight is 221 g/mol. The van der Waals surface area contributed by atoms with Gasteiger partial charge < -0.3 is 4.40 Å². The van der Waals surface area contributed by atoms with Gasteiger partial charge in [-0.25, -0.2) is 4.98 Å². The molecular weight excluding hydrogens is 217 g/mol. The molecule has 0 unspecified atom stereocenters. The van der Waals surface area contributed by atoms with Gasteiger partial charge >= 0.3 is 6.18 Å². The average Bonchev–Trinajstić information content (AvgIpc) is 2.50. The van der Waals surface area contributed by atoms with Crippen molar-refractivity contribution in [2.24, 2.45) is 0 Å². The molecule has 0 aromatic carbocycles. The Balaban J connectivity index is 2.70. The molecule has 2 heterocycles. The number of nitrogens with zero attached hydrogens (tertiary/aromatic N) is 2. The van der Waals surface area contributed by atoms with Crippen LogP contribution in [0.25, 0.3) is 5.52 Å². The summed E-state index contributed by atoms with van der Waals surface area (Å²) in [5.74, 6) is 0. The van der Waals surface area contributed by atoms with Gasteiger partial charge in [-0.1, -0.05) is 11.6 Å². The Bertz CT molecular complexity index is 475. The molecule has 0 aliphatic rings. The zero-order valence-electron chi connectivity index (χ0n) is 6.72. The van der Waals surface area contributed by atoms with Crippen molar-refractivity contribution in [3.8, 4) is 0 Å². The minimum atomic E-state index is -4.39. The van der Waals surface area contributed by atoms with Gasteiger partial charge in [0.2, 0.25) is 0 Å². The van der Waals surface area contributed by atoms with Crippen LogP contribution < -0.4 is 0 Å². The molecule has 2 aromatic heterocycles. The lowest BCUT2D eigenvalue weighted by molar-refractivity contribution is -0.137. The van der Waals surface area contributed by atoms with Crippen molar-refractivity contribution in [3.05, 3.63) is 35.4 Å². The highest BCUT2D eigenvalue weighted by molar-refractivity contribution is 6.33. The van der Waals surface area contributed by atoms with Gasteiger partial charge in [0.15, 0.2) is 0 Å². The molecule has 0 N–H and O–H groups in total. The van der Waals surface area contributed by atoms with Crippen molar-refractivity contribution in [2.45, 2.75) is 6.18 Å². The Morgan fingerprint density at radius 2 is 2.07 bits per heavy atom. The molecule has 0 atom stereocenters. The Morgan fingerprint density at radius 1 is 1.36 bits per heavy atom. The van der Waals surface area contributed by atoms with Crippen molar-refractivity contribution in [2.75, 3.05) is 0 Å². The van der Waals surface area contributed by atoms with E-state index in [4.69, 9.17) is 11.6 Å². The molecule has 0 spiro atoms. The van der Waals surface area contributed by atoms with E-state index in [1.807, 2.05) is 0 Å². The van der Waals surface area contributed by atoms with Crippen LogP contribution in [0.3, 0.4) is 0 Å². The number of alkyl halides is 3. The maximum absolute atomic E-state index is 12.3. The summed E-state index contributed by atoms with van der Waals surface area (Å²) in [4.78, 5) is 3.70. The summed E-state index contributed by atoms with van der Waals surface area (Å²) < 4.78 is 38.2. The Morgan fingerprint density at radius 3 is 2.71 bits per heavy atom. The minimum Gasteiger partial charge on any atom is -0.304 e. The fraction of sp³-hybridized carbons (Fsp3) is 0.125. The third-order valence-electron chi connectivity index (χ3n) is 1.80. The van der Waals surface area contributed by atoms with Crippen LogP contribution in [0.4, 0.5) is 13.2 Å². The van der Waals surface area contributed by atoms with Gasteiger partial charge in [0.05, 0.1) is 28.6 Å². The van der Waals surface area contributed by atoms with Crippen LogP contribution in [-0.4, -0.2) is 9.38 Å². The topological polar surface area (TPSA) is 17.3 Å². The number of hydrogen-bond donors (Lipinski definition) is 0. The van der Waals surface area contributed by atoms with Crippen LogP contribution in [0.15, 0.2) is 24.8 Å². The van der Waals surface area contributed by atoms with E-state index < -0.39 is 11.7 Å². The molecule has 0 aliphatic heterocycles. The van der Waals surface area contributed by atoms with Gasteiger partial charge in [0, 0.05) is 6.20 Å². The zero-order chi connectivity index (χ0) is 10.3. The van der Waals surface area contributed by atoms with E-state index in [9.17, 15) is 13.2 Å². The number of aromatic nitrogens is 2. The largest absolute Gasteiger partial charge is 0.417 e. The van der Waals surface area contributed by atoms with Crippen LogP contribution in [0, 0.1) is 0 Å². The highest BCUT2D eigenvalue weighted by Gasteiger charge is 2.31. The van der Waals surface area contributed by atoms with Crippen LogP contribution in [-0.2, 0) is 6.18 Å². The highest BCUT2D eigenvalue weighted by atomic mass is 35.5. The lowest BCUT2D eigenvalue weighted by Crippen LogP contribution is -2.06. The first kappa shape index (κ1) is 9.33. The van der Waals surface area contributed by atoms with Gasteiger partial charge in [0.25, 0.3) is 0 Å². The van der Waals surface area contributed by atoms with Gasteiger partial charge in [-0.05, 0) is 6.07 Å². The highest BCUT2D eigenvalue weighted by Crippen LogP contribution is 2.32. The third-order valence-corrected chi connectivity index (χ3v) is 2.10. The molecule has 0 fully saturated rings. The summed E-state index contributed by atoms with van der Waals surface area (Å²) in [7, 11) is 0. The predicted molar refractivity (Wildman–Crippen MR) is 45.2 cm³/mol. The van der Waals surface area contributed by atoms with E-state index in [0.717, 1.165) is 12.3 Å². The Labute approximate surface area is 81.9 Å². The van der Waals surface area contributed by atoms with Crippen molar-refractivity contribution in [1.29, 1.82) is 0 Å². The first-order valence-electron chi connectivity index (χ1n) is 3.67. The Kier molecular flexibility index (Phi) is 1.92. The normalized spacial score (nSPS) is 12.3. The van der Waals surface area contributed by atoms with Gasteiger partial charge in [-0.2, -0.15) is 13.2 Å². The fourth-order valence-corrected chi connectivity index (χ4v) is 1.41. The Hall–Kier alpha value is -1.23. The number of fused-ring (bicyclic) bond motifs is 1. The van der Waals surface area contributed by atoms with E-state index in [1.165, 1.54) is 16.9 Å². The van der Waals surface area contributed by atoms with Gasteiger partial charge in [-0.3, -0.25) is 0 Å². The summed E-state index contributed by atoms with van der Waals surface area (Å²) in [5, 5.41) is 0.0392. The molecule has 0 saturated carbocycles. The molecule has 0 aliphatic carbocycles. The van der Waals surface area contributed by atoms with Crippen molar-refractivity contribution >= 4 is 17.1 Å². The first-order valence-corrected chi connectivity index (χ1v) is 4.04. The van der Waals surface area contributed by atoms with Crippen LogP contribution in [0.1, 0.15) is 5.56 Å². The molecule has 14 heavy (non-hydrogen) atoms. The van der Waals surface area contributed by atoms with Gasteiger partial charge in [-0.15, -0.1) is 0 Å². The van der Waals surface area contributed by atoms with E-state index in [-0.39, 0.29) is 5.02 Å². The molecule has 74 valence electrons. The van der Waals surface area contributed by atoms with Crippen molar-refractivity contribution in [1.82, 2.24) is 9.38 Å². The minimum absolute atomic E-state index is 0.0392. The molecule has 0 radical (unpaired) electrons. The lowest BCUT2D eigenvalue weighted by atomic mass is 10.2. The molecule has 2 nitrogen and oxygen atoms in total. The zero-order valence-corrected chi connectivity index (χ0v) is 7.47. The second kappa shape index (κ2) is 2.88. The monoisotopic (exact) mass is 220 g/mol. The summed E-state index contributed by atoms with van der Waals surface area (Å²) in [6.45, 7) is 0. The molecule has 6 heteroatoms. The predicted octanol–water partition coefficient (Wildman–Crippen LogP) is 3.01. The molecule has 2 aromatic rings.